The first-order valence-electron chi connectivity index (χ1n) is 7.01. The molecule has 0 radical (unpaired) electrons. The molecule has 8 heteroatoms. The van der Waals surface area contributed by atoms with Crippen molar-refractivity contribution in [1.82, 2.24) is 9.03 Å². The first-order valence-corrected chi connectivity index (χ1v) is 8.45. The van der Waals surface area contributed by atoms with E-state index < -0.39 is 21.9 Å². The van der Waals surface area contributed by atoms with Gasteiger partial charge in [-0.25, -0.2) is 0 Å². The number of hydrogen-bond acceptors (Lipinski definition) is 2. The molecule has 0 unspecified atom stereocenters. The second kappa shape index (κ2) is 6.17. The summed E-state index contributed by atoms with van der Waals surface area (Å²) >= 11 is 0. The Kier molecular flexibility index (Phi) is 4.84. The van der Waals surface area contributed by atoms with Gasteiger partial charge in [-0.2, -0.15) is 30.6 Å². The molecule has 1 aromatic carbocycles. The summed E-state index contributed by atoms with van der Waals surface area (Å²) in [5, 5.41) is 0. The van der Waals surface area contributed by atoms with Gasteiger partial charge >= 0.3 is 6.18 Å². The predicted octanol–water partition coefficient (Wildman–Crippen LogP) is 2.42. The van der Waals surface area contributed by atoms with Crippen LogP contribution in [0.4, 0.5) is 13.2 Å². The van der Waals surface area contributed by atoms with Crippen molar-refractivity contribution in [2.24, 2.45) is 5.92 Å². The molecule has 1 aliphatic heterocycles. The Balaban J connectivity index is 1.93. The van der Waals surface area contributed by atoms with Gasteiger partial charge in [-0.05, 0) is 37.8 Å². The smallest absolute Gasteiger partial charge is 0.200 e. The van der Waals surface area contributed by atoms with Crippen molar-refractivity contribution in [2.75, 3.05) is 13.1 Å². The number of benzene rings is 1. The molecule has 1 saturated heterocycles. The monoisotopic (exact) mass is 336 g/mol. The third-order valence-corrected chi connectivity index (χ3v) is 5.17. The minimum absolute atomic E-state index is 0.0484. The number of alkyl halides is 3. The maximum Gasteiger partial charge on any atom is 0.416 e. The van der Waals surface area contributed by atoms with Crippen LogP contribution in [0, 0.1) is 5.92 Å². The molecular formula is C14H19F3N2O2S. The summed E-state index contributed by atoms with van der Waals surface area (Å²) in [4.78, 5) is 0. The maximum absolute atomic E-state index is 12.6. The molecule has 124 valence electrons. The zero-order valence-corrected chi connectivity index (χ0v) is 13.2. The molecule has 0 amide bonds. The molecule has 1 N–H and O–H groups in total. The molecule has 1 aliphatic rings. The molecule has 0 saturated carbocycles. The van der Waals surface area contributed by atoms with Crippen molar-refractivity contribution in [3.05, 3.63) is 35.4 Å². The van der Waals surface area contributed by atoms with Gasteiger partial charge in [0, 0.05) is 19.1 Å². The first-order chi connectivity index (χ1) is 10.1. The topological polar surface area (TPSA) is 49.4 Å². The van der Waals surface area contributed by atoms with E-state index in [2.05, 4.69) is 4.72 Å². The van der Waals surface area contributed by atoms with Gasteiger partial charge in [-0.15, -0.1) is 0 Å². The predicted molar refractivity (Wildman–Crippen MR) is 77.4 cm³/mol. The highest BCUT2D eigenvalue weighted by Crippen LogP contribution is 2.31. The Bertz CT molecular complexity index is 623. The minimum atomic E-state index is -4.35. The van der Waals surface area contributed by atoms with Gasteiger partial charge in [-0.1, -0.05) is 18.2 Å². The van der Waals surface area contributed by atoms with Crippen molar-refractivity contribution in [1.29, 1.82) is 0 Å². The van der Waals surface area contributed by atoms with E-state index in [1.807, 2.05) is 0 Å². The highest BCUT2D eigenvalue weighted by Gasteiger charge is 2.36. The van der Waals surface area contributed by atoms with Crippen LogP contribution in [0.15, 0.2) is 24.3 Å². The van der Waals surface area contributed by atoms with Gasteiger partial charge in [-0.3, -0.25) is 0 Å². The molecule has 4 nitrogen and oxygen atoms in total. The molecule has 1 heterocycles. The molecule has 0 aromatic heterocycles. The fourth-order valence-corrected chi connectivity index (χ4v) is 3.99. The Morgan fingerprint density at radius 2 is 1.95 bits per heavy atom. The van der Waals surface area contributed by atoms with Gasteiger partial charge in [0.15, 0.2) is 0 Å². The van der Waals surface area contributed by atoms with Crippen molar-refractivity contribution in [2.45, 2.75) is 32.5 Å². The molecule has 1 aromatic rings. The first kappa shape index (κ1) is 17.2. The molecule has 0 bridgehead atoms. The number of nitrogens with zero attached hydrogens (tertiary/aromatic N) is 1. The SMILES string of the molecule is CC(C)NS(=O)(=O)N1CC(Cc2cccc(C(F)(F)F)c2)C1. The highest BCUT2D eigenvalue weighted by molar-refractivity contribution is 7.87. The fraction of sp³-hybridized carbons (Fsp3) is 0.571. The van der Waals surface area contributed by atoms with Crippen LogP contribution in [0.5, 0.6) is 0 Å². The van der Waals surface area contributed by atoms with Crippen LogP contribution in [0.25, 0.3) is 0 Å². The Morgan fingerprint density at radius 3 is 2.50 bits per heavy atom. The number of hydrogen-bond donors (Lipinski definition) is 1. The van der Waals surface area contributed by atoms with E-state index in [1.165, 1.54) is 10.4 Å². The lowest BCUT2D eigenvalue weighted by Gasteiger charge is -2.38. The summed E-state index contributed by atoms with van der Waals surface area (Å²) in [6.45, 7) is 4.13. The summed E-state index contributed by atoms with van der Waals surface area (Å²) in [6, 6.07) is 4.99. The summed E-state index contributed by atoms with van der Waals surface area (Å²) in [6.07, 6.45) is -3.91. The van der Waals surface area contributed by atoms with Crippen molar-refractivity contribution in [3.63, 3.8) is 0 Å². The summed E-state index contributed by atoms with van der Waals surface area (Å²) in [7, 11) is -3.48. The summed E-state index contributed by atoms with van der Waals surface area (Å²) < 4.78 is 65.5. The van der Waals surface area contributed by atoms with Crippen molar-refractivity contribution in [3.8, 4) is 0 Å². The van der Waals surface area contributed by atoms with E-state index in [0.29, 0.717) is 25.1 Å². The minimum Gasteiger partial charge on any atom is -0.200 e. The van der Waals surface area contributed by atoms with Gasteiger partial charge < -0.3 is 0 Å². The van der Waals surface area contributed by atoms with Gasteiger partial charge in [0.1, 0.15) is 0 Å². The normalized spacial score (nSPS) is 17.7. The Labute approximate surface area is 128 Å². The average Bonchev–Trinajstić information content (AvgIpc) is 2.30. The standard InChI is InChI=1S/C14H19F3N2O2S/c1-10(2)18-22(20,21)19-8-12(9-19)6-11-4-3-5-13(7-11)14(15,16)17/h3-5,7,10,12,18H,6,8-9H2,1-2H3. The average molecular weight is 336 g/mol. The van der Waals surface area contributed by atoms with E-state index in [9.17, 15) is 21.6 Å². The number of nitrogens with one attached hydrogen (secondary N) is 1. The van der Waals surface area contributed by atoms with E-state index in [-0.39, 0.29) is 12.0 Å². The van der Waals surface area contributed by atoms with Gasteiger partial charge in [0.05, 0.1) is 5.56 Å². The van der Waals surface area contributed by atoms with Crippen LogP contribution in [0.1, 0.15) is 25.0 Å². The van der Waals surface area contributed by atoms with Crippen LogP contribution < -0.4 is 4.72 Å². The molecule has 2 rings (SSSR count). The molecule has 22 heavy (non-hydrogen) atoms. The lowest BCUT2D eigenvalue weighted by molar-refractivity contribution is -0.137. The van der Waals surface area contributed by atoms with Crippen LogP contribution in [-0.4, -0.2) is 31.9 Å². The van der Waals surface area contributed by atoms with Gasteiger partial charge in [0.2, 0.25) is 0 Å². The van der Waals surface area contributed by atoms with Crippen LogP contribution in [-0.2, 0) is 22.8 Å². The van der Waals surface area contributed by atoms with Gasteiger partial charge in [0.25, 0.3) is 10.2 Å². The van der Waals surface area contributed by atoms with Crippen molar-refractivity contribution >= 4 is 10.2 Å². The van der Waals surface area contributed by atoms with E-state index in [4.69, 9.17) is 0 Å². The fourth-order valence-electron chi connectivity index (χ4n) is 2.43. The Morgan fingerprint density at radius 1 is 1.32 bits per heavy atom. The number of halogens is 3. The summed E-state index contributed by atoms with van der Waals surface area (Å²) in [5.74, 6) is 0.0484. The number of rotatable bonds is 5. The lowest BCUT2D eigenvalue weighted by atomic mass is 9.93. The quantitative estimate of drug-likeness (QED) is 0.898. The summed E-state index contributed by atoms with van der Waals surface area (Å²) in [5.41, 5.74) is -0.0935. The lowest BCUT2D eigenvalue weighted by Crippen LogP contribution is -2.55. The second-order valence-electron chi connectivity index (χ2n) is 5.86. The third kappa shape index (κ3) is 4.21. The molecule has 1 fully saturated rings. The molecule has 0 aliphatic carbocycles. The van der Waals surface area contributed by atoms with E-state index in [1.54, 1.807) is 19.9 Å². The second-order valence-corrected chi connectivity index (χ2v) is 7.57. The van der Waals surface area contributed by atoms with E-state index in [0.717, 1.165) is 12.1 Å². The zero-order valence-electron chi connectivity index (χ0n) is 12.4. The molecule has 0 spiro atoms. The largest absolute Gasteiger partial charge is 0.416 e. The van der Waals surface area contributed by atoms with Crippen LogP contribution in [0.3, 0.4) is 0 Å². The molecular weight excluding hydrogens is 317 g/mol. The highest BCUT2D eigenvalue weighted by atomic mass is 32.2. The van der Waals surface area contributed by atoms with Crippen LogP contribution in [0.2, 0.25) is 0 Å². The maximum atomic E-state index is 12.6. The van der Waals surface area contributed by atoms with Crippen molar-refractivity contribution < 1.29 is 21.6 Å². The molecule has 0 atom stereocenters. The van der Waals surface area contributed by atoms with Crippen LogP contribution >= 0.6 is 0 Å². The Hall–Kier alpha value is -1.12. The zero-order chi connectivity index (χ0) is 16.5. The van der Waals surface area contributed by atoms with E-state index >= 15 is 0 Å². The third-order valence-electron chi connectivity index (χ3n) is 3.43.